The molecule has 0 heterocycles. The summed E-state index contributed by atoms with van der Waals surface area (Å²) in [7, 11) is 0. The van der Waals surface area contributed by atoms with E-state index < -0.39 is 0 Å². The number of rotatable bonds is 1. The van der Waals surface area contributed by atoms with Crippen LogP contribution in [0, 0.1) is 0 Å². The molecule has 1 aliphatic rings. The lowest BCUT2D eigenvalue weighted by Crippen LogP contribution is -1.95. The number of hydrogen-bond acceptors (Lipinski definition) is 1. The van der Waals surface area contributed by atoms with Gasteiger partial charge in [0.2, 0.25) is 0 Å². The maximum atomic E-state index is 5.89. The molecule has 1 aliphatic carbocycles. The highest BCUT2D eigenvalue weighted by Gasteiger charge is 2.18. The second-order valence-corrected chi connectivity index (χ2v) is 5.33. The summed E-state index contributed by atoms with van der Waals surface area (Å²) < 4.78 is 0. The molecule has 20 heavy (non-hydrogen) atoms. The number of allylic oxidation sites excluding steroid dienone is 1. The Morgan fingerprint density at radius 3 is 2.60 bits per heavy atom. The molecular weight excluding hydrogens is 242 g/mol. The molecule has 0 fully saturated rings. The van der Waals surface area contributed by atoms with Crippen LogP contribution in [0.25, 0.3) is 16.8 Å². The molecular formula is C19H15N. The summed E-state index contributed by atoms with van der Waals surface area (Å²) in [5.41, 5.74) is 10.7. The van der Waals surface area contributed by atoms with Crippen molar-refractivity contribution in [1.29, 1.82) is 0 Å². The maximum Gasteiger partial charge on any atom is 0.0320 e. The molecule has 1 atom stereocenters. The maximum absolute atomic E-state index is 5.89. The normalized spacial score (nSPS) is 16.5. The molecule has 96 valence electrons. The van der Waals surface area contributed by atoms with Gasteiger partial charge in [-0.3, -0.25) is 0 Å². The fourth-order valence-electron chi connectivity index (χ4n) is 3.02. The van der Waals surface area contributed by atoms with E-state index >= 15 is 0 Å². The zero-order chi connectivity index (χ0) is 13.5. The monoisotopic (exact) mass is 257 g/mol. The number of hydrogen-bond donors (Lipinski definition) is 1. The number of anilines is 1. The Morgan fingerprint density at radius 2 is 1.65 bits per heavy atom. The summed E-state index contributed by atoms with van der Waals surface area (Å²) >= 11 is 0. The first kappa shape index (κ1) is 11.3. The van der Waals surface area contributed by atoms with Crippen LogP contribution < -0.4 is 5.73 Å². The zero-order valence-electron chi connectivity index (χ0n) is 11.1. The van der Waals surface area contributed by atoms with Crippen LogP contribution in [0.1, 0.15) is 22.6 Å². The summed E-state index contributed by atoms with van der Waals surface area (Å²) in [6, 6.07) is 21.3. The van der Waals surface area contributed by atoms with Gasteiger partial charge in [-0.1, -0.05) is 60.7 Å². The molecule has 0 saturated carbocycles. The summed E-state index contributed by atoms with van der Waals surface area (Å²) in [5.74, 6) is 0.358. The minimum absolute atomic E-state index is 0.358. The van der Waals surface area contributed by atoms with E-state index in [1.165, 1.54) is 27.5 Å². The third-order valence-corrected chi connectivity index (χ3v) is 4.05. The molecule has 0 spiro atoms. The molecule has 0 bridgehead atoms. The van der Waals surface area contributed by atoms with Gasteiger partial charge in [0.1, 0.15) is 0 Å². The largest absolute Gasteiger partial charge is 0.399 e. The van der Waals surface area contributed by atoms with E-state index in [4.69, 9.17) is 5.73 Å². The van der Waals surface area contributed by atoms with E-state index in [9.17, 15) is 0 Å². The first-order chi connectivity index (χ1) is 9.81. The van der Waals surface area contributed by atoms with E-state index in [1.807, 2.05) is 12.1 Å². The van der Waals surface area contributed by atoms with Gasteiger partial charge in [0.25, 0.3) is 0 Å². The number of nitrogens with two attached hydrogens (primary N) is 1. The van der Waals surface area contributed by atoms with Crippen molar-refractivity contribution in [2.24, 2.45) is 0 Å². The van der Waals surface area contributed by atoms with E-state index in [0.717, 1.165) is 5.69 Å². The van der Waals surface area contributed by atoms with Gasteiger partial charge in [-0.2, -0.15) is 0 Å². The Morgan fingerprint density at radius 1 is 0.800 bits per heavy atom. The summed E-state index contributed by atoms with van der Waals surface area (Å²) in [6.07, 6.45) is 4.49. The lowest BCUT2D eigenvalue weighted by Gasteiger charge is -2.12. The van der Waals surface area contributed by atoms with Crippen molar-refractivity contribution in [3.05, 3.63) is 83.4 Å². The first-order valence-electron chi connectivity index (χ1n) is 6.87. The lowest BCUT2D eigenvalue weighted by atomic mass is 9.91. The highest BCUT2D eigenvalue weighted by molar-refractivity contribution is 5.86. The number of fused-ring (bicyclic) bond motifs is 2. The van der Waals surface area contributed by atoms with Gasteiger partial charge in [-0.15, -0.1) is 0 Å². The van der Waals surface area contributed by atoms with Crippen molar-refractivity contribution in [1.82, 2.24) is 0 Å². The highest BCUT2D eigenvalue weighted by Crippen LogP contribution is 2.36. The summed E-state index contributed by atoms with van der Waals surface area (Å²) in [6.45, 7) is 0. The van der Waals surface area contributed by atoms with Gasteiger partial charge in [0.15, 0.2) is 0 Å². The first-order valence-corrected chi connectivity index (χ1v) is 6.87. The average molecular weight is 257 g/mol. The quantitative estimate of drug-likeness (QED) is 0.634. The lowest BCUT2D eigenvalue weighted by molar-refractivity contribution is 1.05. The molecule has 4 rings (SSSR count). The molecule has 0 amide bonds. The third kappa shape index (κ3) is 1.71. The third-order valence-electron chi connectivity index (χ3n) is 4.05. The minimum atomic E-state index is 0.358. The average Bonchev–Trinajstić information content (AvgIpc) is 2.90. The second kappa shape index (κ2) is 4.24. The van der Waals surface area contributed by atoms with Gasteiger partial charge in [0, 0.05) is 11.6 Å². The van der Waals surface area contributed by atoms with Crippen LogP contribution in [0.3, 0.4) is 0 Å². The molecule has 1 unspecified atom stereocenters. The van der Waals surface area contributed by atoms with E-state index in [1.54, 1.807) is 0 Å². The highest BCUT2D eigenvalue weighted by atomic mass is 14.5. The molecule has 1 heteroatoms. The Hall–Kier alpha value is -2.54. The molecule has 0 aromatic heterocycles. The number of nitrogen functional groups attached to an aromatic ring is 1. The van der Waals surface area contributed by atoms with Crippen molar-refractivity contribution < 1.29 is 0 Å². The van der Waals surface area contributed by atoms with Crippen molar-refractivity contribution in [2.75, 3.05) is 5.73 Å². The smallest absolute Gasteiger partial charge is 0.0320 e. The van der Waals surface area contributed by atoms with Crippen LogP contribution in [0.15, 0.2) is 66.7 Å². The fraction of sp³-hybridized carbons (Fsp3) is 0.0526. The van der Waals surface area contributed by atoms with Gasteiger partial charge in [0.05, 0.1) is 0 Å². The van der Waals surface area contributed by atoms with Crippen molar-refractivity contribution in [3.8, 4) is 0 Å². The zero-order valence-corrected chi connectivity index (χ0v) is 11.1. The van der Waals surface area contributed by atoms with Crippen molar-refractivity contribution >= 4 is 22.5 Å². The van der Waals surface area contributed by atoms with Gasteiger partial charge < -0.3 is 5.73 Å². The topological polar surface area (TPSA) is 26.0 Å². The van der Waals surface area contributed by atoms with Crippen molar-refractivity contribution in [3.63, 3.8) is 0 Å². The number of benzene rings is 3. The van der Waals surface area contributed by atoms with Crippen LogP contribution in [-0.2, 0) is 0 Å². The van der Waals surface area contributed by atoms with Crippen LogP contribution in [-0.4, -0.2) is 0 Å². The SMILES string of the molecule is Nc1ccc2ccc(C3C=Cc4ccccc43)cc2c1. The van der Waals surface area contributed by atoms with Gasteiger partial charge in [-0.05, 0) is 39.6 Å². The standard InChI is InChI=1S/C19H15N/c20-17-9-7-13-5-6-15(11-16(13)12-17)19-10-8-14-3-1-2-4-18(14)19/h1-12,19H,20H2. The molecule has 0 aliphatic heterocycles. The van der Waals surface area contributed by atoms with Crippen LogP contribution in [0.4, 0.5) is 5.69 Å². The van der Waals surface area contributed by atoms with Crippen LogP contribution in [0.2, 0.25) is 0 Å². The fourth-order valence-corrected chi connectivity index (χ4v) is 3.02. The molecule has 3 aromatic rings. The van der Waals surface area contributed by atoms with Crippen molar-refractivity contribution in [2.45, 2.75) is 5.92 Å². The van der Waals surface area contributed by atoms with Gasteiger partial charge in [-0.25, -0.2) is 0 Å². The Kier molecular flexibility index (Phi) is 2.40. The van der Waals surface area contributed by atoms with Crippen LogP contribution >= 0.6 is 0 Å². The second-order valence-electron chi connectivity index (χ2n) is 5.33. The molecule has 3 aromatic carbocycles. The predicted octanol–water partition coefficient (Wildman–Crippen LogP) is 4.58. The predicted molar refractivity (Wildman–Crippen MR) is 85.7 cm³/mol. The van der Waals surface area contributed by atoms with E-state index in [2.05, 4.69) is 60.7 Å². The molecule has 0 radical (unpaired) electrons. The molecule has 2 N–H and O–H groups in total. The van der Waals surface area contributed by atoms with E-state index in [-0.39, 0.29) is 0 Å². The summed E-state index contributed by atoms with van der Waals surface area (Å²) in [5, 5.41) is 2.44. The molecule has 1 nitrogen and oxygen atoms in total. The van der Waals surface area contributed by atoms with Gasteiger partial charge >= 0.3 is 0 Å². The Balaban J connectivity index is 1.86. The minimum Gasteiger partial charge on any atom is -0.399 e. The Labute approximate surface area is 118 Å². The molecule has 0 saturated heterocycles. The van der Waals surface area contributed by atoms with Crippen LogP contribution in [0.5, 0.6) is 0 Å². The summed E-state index contributed by atoms with van der Waals surface area (Å²) in [4.78, 5) is 0. The van der Waals surface area contributed by atoms with E-state index in [0.29, 0.717) is 5.92 Å². The Bertz CT molecular complexity index is 830.